The Hall–Kier alpha value is -4.16. The predicted octanol–water partition coefficient (Wildman–Crippen LogP) is 9.31. The lowest BCUT2D eigenvalue weighted by molar-refractivity contribution is 0.825. The molecule has 0 unspecified atom stereocenters. The Kier molecular flexibility index (Phi) is 4.64. The number of hydrogen-bond donors (Lipinski definition) is 0. The first-order valence-electron chi connectivity index (χ1n) is 13.6. The molecule has 0 nitrogen and oxygen atoms in total. The highest BCUT2D eigenvalue weighted by atomic mass is 14.2. The highest BCUT2D eigenvalue weighted by Crippen LogP contribution is 2.42. The standard InChI is InChI=1S/C37H28/c1-4-15-32-26(9-1)22-29-13-6-16-33-25(18-19-35(32)37(29)33)11-5-8-24-20-28-12-7-17-34-31-14-3-2-10-27(31)23-30(21-24)36(28)34/h1-4,6-7,9-10,12-21H,5,8,11,22-23H2. The molecule has 0 heteroatoms. The lowest BCUT2D eigenvalue weighted by Gasteiger charge is -2.22. The third-order valence-electron chi connectivity index (χ3n) is 8.62. The molecule has 2 aliphatic carbocycles. The molecule has 0 aliphatic heterocycles. The number of hydrogen-bond acceptors (Lipinski definition) is 0. The molecule has 0 amide bonds. The molecule has 8 rings (SSSR count). The summed E-state index contributed by atoms with van der Waals surface area (Å²) in [6.07, 6.45) is 5.46. The second-order valence-electron chi connectivity index (χ2n) is 10.8. The van der Waals surface area contributed by atoms with Crippen molar-refractivity contribution in [2.75, 3.05) is 0 Å². The quantitative estimate of drug-likeness (QED) is 0.239. The third kappa shape index (κ3) is 3.29. The maximum absolute atomic E-state index is 2.48. The summed E-state index contributed by atoms with van der Waals surface area (Å²) in [5, 5.41) is 5.76. The zero-order valence-electron chi connectivity index (χ0n) is 20.9. The molecule has 6 aromatic rings. The minimum atomic E-state index is 1.04. The fourth-order valence-corrected chi connectivity index (χ4v) is 6.99. The van der Waals surface area contributed by atoms with E-state index in [4.69, 9.17) is 0 Å². The van der Waals surface area contributed by atoms with Crippen LogP contribution in [-0.4, -0.2) is 0 Å². The molecule has 0 fully saturated rings. The summed E-state index contributed by atoms with van der Waals surface area (Å²) in [6.45, 7) is 0. The Morgan fingerprint density at radius 1 is 0.459 bits per heavy atom. The van der Waals surface area contributed by atoms with Gasteiger partial charge in [0.15, 0.2) is 0 Å². The highest BCUT2D eigenvalue weighted by molar-refractivity contribution is 6.04. The monoisotopic (exact) mass is 472 g/mol. The number of benzene rings is 6. The van der Waals surface area contributed by atoms with Crippen molar-refractivity contribution in [3.8, 4) is 22.3 Å². The van der Waals surface area contributed by atoms with Crippen molar-refractivity contribution < 1.29 is 0 Å². The largest absolute Gasteiger partial charge is 0.0619 e. The molecule has 176 valence electrons. The van der Waals surface area contributed by atoms with Crippen LogP contribution in [0.5, 0.6) is 0 Å². The molecule has 0 atom stereocenters. The molecule has 0 saturated heterocycles. The second-order valence-corrected chi connectivity index (χ2v) is 10.8. The molecule has 0 heterocycles. The SMILES string of the molecule is c1ccc2c(c1)Cc1cc(CCCc3ccc4c5c(cccc35)Cc3ccccc3-4)cc3cccc-2c13. The van der Waals surface area contributed by atoms with Crippen LogP contribution in [0.3, 0.4) is 0 Å². The summed E-state index contributed by atoms with van der Waals surface area (Å²) in [5.41, 5.74) is 14.4. The molecule has 2 aliphatic rings. The Morgan fingerprint density at radius 3 is 1.97 bits per heavy atom. The van der Waals surface area contributed by atoms with Crippen molar-refractivity contribution in [1.82, 2.24) is 0 Å². The van der Waals surface area contributed by atoms with Gasteiger partial charge in [0.1, 0.15) is 0 Å². The fraction of sp³-hybridized carbons (Fsp3) is 0.135. The van der Waals surface area contributed by atoms with Gasteiger partial charge < -0.3 is 0 Å². The van der Waals surface area contributed by atoms with Crippen molar-refractivity contribution in [3.05, 3.63) is 143 Å². The van der Waals surface area contributed by atoms with Crippen molar-refractivity contribution in [2.45, 2.75) is 32.1 Å². The van der Waals surface area contributed by atoms with Crippen molar-refractivity contribution in [3.63, 3.8) is 0 Å². The van der Waals surface area contributed by atoms with E-state index in [1.807, 2.05) is 0 Å². The van der Waals surface area contributed by atoms with Crippen LogP contribution < -0.4 is 0 Å². The Balaban J connectivity index is 1.11. The Labute approximate surface area is 218 Å². The molecule has 0 saturated carbocycles. The molecule has 0 bridgehead atoms. The zero-order chi connectivity index (χ0) is 24.3. The van der Waals surface area contributed by atoms with E-state index in [2.05, 4.69) is 109 Å². The second kappa shape index (κ2) is 8.18. The van der Waals surface area contributed by atoms with Crippen LogP contribution in [0, 0.1) is 0 Å². The first-order chi connectivity index (χ1) is 18.3. The van der Waals surface area contributed by atoms with Gasteiger partial charge in [-0.25, -0.2) is 0 Å². The molecule has 0 aromatic heterocycles. The predicted molar refractivity (Wildman–Crippen MR) is 156 cm³/mol. The summed E-state index contributed by atoms with van der Waals surface area (Å²) in [4.78, 5) is 0. The van der Waals surface area contributed by atoms with Gasteiger partial charge in [0.05, 0.1) is 0 Å². The summed E-state index contributed by atoms with van der Waals surface area (Å²) < 4.78 is 0. The number of fused-ring (bicyclic) bond motifs is 4. The van der Waals surface area contributed by atoms with Gasteiger partial charge in [-0.05, 0) is 109 Å². The van der Waals surface area contributed by atoms with Gasteiger partial charge in [0.25, 0.3) is 0 Å². The first kappa shape index (κ1) is 21.0. The summed E-state index contributed by atoms with van der Waals surface area (Å²) in [6, 6.07) is 41.2. The van der Waals surface area contributed by atoms with Crippen LogP contribution in [-0.2, 0) is 25.7 Å². The van der Waals surface area contributed by atoms with Gasteiger partial charge in [0, 0.05) is 0 Å². The molecule has 0 spiro atoms. The van der Waals surface area contributed by atoms with E-state index in [1.54, 1.807) is 0 Å². The normalized spacial score (nSPS) is 13.0. The molecule has 0 radical (unpaired) electrons. The molecule has 0 N–H and O–H groups in total. The minimum Gasteiger partial charge on any atom is -0.0619 e. The van der Waals surface area contributed by atoms with E-state index in [9.17, 15) is 0 Å². The lowest BCUT2D eigenvalue weighted by Crippen LogP contribution is -2.03. The van der Waals surface area contributed by atoms with Gasteiger partial charge in [0.2, 0.25) is 0 Å². The summed E-state index contributed by atoms with van der Waals surface area (Å²) in [7, 11) is 0. The van der Waals surface area contributed by atoms with Crippen molar-refractivity contribution >= 4 is 21.5 Å². The summed E-state index contributed by atoms with van der Waals surface area (Å²) >= 11 is 0. The minimum absolute atomic E-state index is 1.04. The van der Waals surface area contributed by atoms with E-state index in [-0.39, 0.29) is 0 Å². The maximum Gasteiger partial charge on any atom is -0.00131 e. The summed E-state index contributed by atoms with van der Waals surface area (Å²) in [5.74, 6) is 0. The van der Waals surface area contributed by atoms with E-state index in [0.717, 1.165) is 32.1 Å². The molecular formula is C37H28. The topological polar surface area (TPSA) is 0 Å². The Morgan fingerprint density at radius 2 is 1.14 bits per heavy atom. The smallest absolute Gasteiger partial charge is 0.00131 e. The van der Waals surface area contributed by atoms with E-state index >= 15 is 0 Å². The van der Waals surface area contributed by atoms with Crippen molar-refractivity contribution in [1.29, 1.82) is 0 Å². The van der Waals surface area contributed by atoms with Crippen LogP contribution in [0.25, 0.3) is 43.8 Å². The van der Waals surface area contributed by atoms with Crippen LogP contribution in [0.1, 0.15) is 39.8 Å². The van der Waals surface area contributed by atoms with E-state index < -0.39 is 0 Å². The average Bonchev–Trinajstić information content (AvgIpc) is 2.94. The number of rotatable bonds is 4. The highest BCUT2D eigenvalue weighted by Gasteiger charge is 2.20. The van der Waals surface area contributed by atoms with Gasteiger partial charge in [-0.2, -0.15) is 0 Å². The van der Waals surface area contributed by atoms with E-state index in [1.165, 1.54) is 77.2 Å². The van der Waals surface area contributed by atoms with Gasteiger partial charge >= 0.3 is 0 Å². The molecule has 37 heavy (non-hydrogen) atoms. The first-order valence-corrected chi connectivity index (χ1v) is 13.6. The van der Waals surface area contributed by atoms with Crippen LogP contribution in [0.2, 0.25) is 0 Å². The van der Waals surface area contributed by atoms with Crippen LogP contribution >= 0.6 is 0 Å². The lowest BCUT2D eigenvalue weighted by atomic mass is 9.81. The van der Waals surface area contributed by atoms with Crippen molar-refractivity contribution in [2.24, 2.45) is 0 Å². The fourth-order valence-electron chi connectivity index (χ4n) is 6.99. The molecule has 6 aromatic carbocycles. The molecular weight excluding hydrogens is 444 g/mol. The van der Waals surface area contributed by atoms with E-state index in [0.29, 0.717) is 0 Å². The van der Waals surface area contributed by atoms with Crippen LogP contribution in [0.15, 0.2) is 109 Å². The average molecular weight is 473 g/mol. The van der Waals surface area contributed by atoms with Gasteiger partial charge in [-0.1, -0.05) is 109 Å². The Bertz CT molecular complexity index is 1850. The zero-order valence-corrected chi connectivity index (χ0v) is 20.9. The van der Waals surface area contributed by atoms with Gasteiger partial charge in [-0.15, -0.1) is 0 Å². The number of aryl methyl sites for hydroxylation is 2. The van der Waals surface area contributed by atoms with Gasteiger partial charge in [-0.3, -0.25) is 0 Å². The maximum atomic E-state index is 2.48. The third-order valence-corrected chi connectivity index (χ3v) is 8.62. The van der Waals surface area contributed by atoms with Crippen LogP contribution in [0.4, 0.5) is 0 Å².